The Morgan fingerprint density at radius 1 is 0.755 bits per heavy atom. The van der Waals surface area contributed by atoms with Crippen molar-refractivity contribution in [3.63, 3.8) is 0 Å². The topological polar surface area (TPSA) is 134 Å². The van der Waals surface area contributed by atoms with Gasteiger partial charge in [0.05, 0.1) is 43.7 Å². The molecule has 0 radical (unpaired) electrons. The molecule has 2 saturated heterocycles. The molecule has 6 heterocycles. The predicted octanol–water partition coefficient (Wildman–Crippen LogP) is 7.18. The van der Waals surface area contributed by atoms with Crippen LogP contribution in [-0.4, -0.2) is 88.2 Å². The lowest BCUT2D eigenvalue weighted by molar-refractivity contribution is -0.128. The number of hydrogen-bond donors (Lipinski definition) is 1. The van der Waals surface area contributed by atoms with Crippen LogP contribution in [-0.2, 0) is 29.9 Å². The van der Waals surface area contributed by atoms with E-state index in [1.54, 1.807) is 71.8 Å². The minimum atomic E-state index is -0.856. The van der Waals surface area contributed by atoms with Crippen LogP contribution in [0.2, 0.25) is 0 Å². The molecule has 8 rings (SSSR count). The standard InChI is InChI=1S/C19H19BrFN3O3.C18H17BrFN3O3/c1-18(2,3)27-17(26)24-8-19(9-24)15-10-5-11(20)12(21)6-13(10)22-7-14(15)23(4)16(19)25;1-17(2,3)26-16(25)23-7-18(8-23)14-9-4-10(19)11(20)5-12(9)21-6-13(14)22-15(18)24/h5-7H,8-9H2,1-4H3;4-6H,7-8H2,1-3H3,(H,22,24). The maximum Gasteiger partial charge on any atom is 0.410 e. The van der Waals surface area contributed by atoms with E-state index in [1.807, 2.05) is 0 Å². The molecule has 0 unspecified atom stereocenters. The largest absolute Gasteiger partial charge is 0.444 e. The first-order valence-electron chi connectivity index (χ1n) is 16.8. The number of likely N-dealkylation sites (N-methyl/N-ethyl adjacent to an activating group) is 1. The summed E-state index contributed by atoms with van der Waals surface area (Å²) in [7, 11) is 1.69. The number of likely N-dealkylation sites (tertiary alicyclic amines) is 2. The number of nitrogens with one attached hydrogen (secondary N) is 1. The van der Waals surface area contributed by atoms with Crippen molar-refractivity contribution >= 4 is 89.0 Å². The molecule has 4 aliphatic heterocycles. The molecule has 0 aliphatic carbocycles. The fraction of sp³-hybridized carbons (Fsp3) is 0.405. The highest BCUT2D eigenvalue weighted by Gasteiger charge is 2.60. The van der Waals surface area contributed by atoms with E-state index in [2.05, 4.69) is 47.1 Å². The maximum absolute atomic E-state index is 13.9. The fourth-order valence-corrected chi connectivity index (χ4v) is 8.03. The third-order valence-electron chi connectivity index (χ3n) is 9.66. The monoisotopic (exact) mass is 856 g/mol. The van der Waals surface area contributed by atoms with E-state index in [0.29, 0.717) is 42.1 Å². The quantitative estimate of drug-likeness (QED) is 0.197. The third kappa shape index (κ3) is 6.07. The van der Waals surface area contributed by atoms with Gasteiger partial charge in [-0.1, -0.05) is 0 Å². The second kappa shape index (κ2) is 12.3. The molecule has 1 N–H and O–H groups in total. The van der Waals surface area contributed by atoms with E-state index in [4.69, 9.17) is 9.47 Å². The molecule has 0 atom stereocenters. The van der Waals surface area contributed by atoms with Gasteiger partial charge in [0.25, 0.3) is 0 Å². The zero-order valence-corrected chi connectivity index (χ0v) is 33.2. The lowest BCUT2D eigenvalue weighted by atomic mass is 9.73. The Kier molecular flexibility index (Phi) is 8.56. The summed E-state index contributed by atoms with van der Waals surface area (Å²) in [6, 6.07) is 5.97. The van der Waals surface area contributed by atoms with E-state index in [-0.39, 0.29) is 38.0 Å². The van der Waals surface area contributed by atoms with E-state index in [9.17, 15) is 28.0 Å². The van der Waals surface area contributed by atoms with Crippen molar-refractivity contribution in [1.82, 2.24) is 19.8 Å². The molecule has 2 aromatic carbocycles. The lowest BCUT2D eigenvalue weighted by Gasteiger charge is -2.46. The number of ether oxygens (including phenoxy) is 2. The van der Waals surface area contributed by atoms with Crippen molar-refractivity contribution in [2.24, 2.45) is 0 Å². The summed E-state index contributed by atoms with van der Waals surface area (Å²) in [5.41, 5.74) is 0.878. The van der Waals surface area contributed by atoms with Crippen molar-refractivity contribution in [3.8, 4) is 0 Å². The zero-order valence-electron chi connectivity index (χ0n) is 30.0. The molecule has 2 fully saturated rings. The molecular weight excluding hydrogens is 822 g/mol. The van der Waals surface area contributed by atoms with Crippen LogP contribution in [0.25, 0.3) is 21.8 Å². The average molecular weight is 859 g/mol. The minimum absolute atomic E-state index is 0.0907. The van der Waals surface area contributed by atoms with Crippen molar-refractivity contribution < 1.29 is 37.4 Å². The first-order chi connectivity index (χ1) is 24.6. The molecule has 16 heteroatoms. The smallest absolute Gasteiger partial charge is 0.410 e. The molecule has 2 spiro atoms. The molecule has 4 aromatic rings. The Hall–Kier alpha value is -4.44. The number of anilines is 2. The van der Waals surface area contributed by atoms with Crippen LogP contribution in [0.5, 0.6) is 0 Å². The number of benzene rings is 2. The molecule has 2 aromatic heterocycles. The second-order valence-electron chi connectivity index (χ2n) is 15.8. The Labute approximate surface area is 320 Å². The molecule has 4 aliphatic rings. The second-order valence-corrected chi connectivity index (χ2v) is 17.5. The number of amides is 4. The molecule has 278 valence electrons. The van der Waals surface area contributed by atoms with Gasteiger partial charge in [0, 0.05) is 67.3 Å². The van der Waals surface area contributed by atoms with Crippen molar-refractivity contribution in [2.75, 3.05) is 43.4 Å². The van der Waals surface area contributed by atoms with Gasteiger partial charge < -0.3 is 29.5 Å². The summed E-state index contributed by atoms with van der Waals surface area (Å²) in [5.74, 6) is -1.10. The van der Waals surface area contributed by atoms with Gasteiger partial charge in [-0.3, -0.25) is 19.6 Å². The highest BCUT2D eigenvalue weighted by molar-refractivity contribution is 9.10. The number of carbonyl (C=O) groups is 4. The summed E-state index contributed by atoms with van der Waals surface area (Å²) in [6.07, 6.45) is 2.24. The van der Waals surface area contributed by atoms with Crippen LogP contribution in [0.1, 0.15) is 52.7 Å². The Bertz CT molecular complexity index is 2280. The first-order valence-corrected chi connectivity index (χ1v) is 18.3. The molecule has 0 bridgehead atoms. The van der Waals surface area contributed by atoms with Crippen LogP contribution < -0.4 is 10.2 Å². The molecule has 4 amide bonds. The number of halogens is 4. The normalized spacial score (nSPS) is 18.0. The molecule has 53 heavy (non-hydrogen) atoms. The van der Waals surface area contributed by atoms with Gasteiger partial charge in [-0.2, -0.15) is 0 Å². The van der Waals surface area contributed by atoms with Crippen molar-refractivity contribution in [2.45, 2.75) is 63.6 Å². The average Bonchev–Trinajstić information content (AvgIpc) is 3.43. The van der Waals surface area contributed by atoms with E-state index < -0.39 is 45.9 Å². The van der Waals surface area contributed by atoms with Gasteiger partial charge in [0.15, 0.2) is 0 Å². The number of pyridine rings is 2. The predicted molar refractivity (Wildman–Crippen MR) is 200 cm³/mol. The zero-order chi connectivity index (χ0) is 38.6. The maximum atomic E-state index is 13.9. The van der Waals surface area contributed by atoms with Crippen LogP contribution in [0, 0.1) is 11.6 Å². The third-order valence-corrected chi connectivity index (χ3v) is 10.9. The summed E-state index contributed by atoms with van der Waals surface area (Å²) < 4.78 is 39.2. The van der Waals surface area contributed by atoms with E-state index in [0.717, 1.165) is 11.1 Å². The minimum Gasteiger partial charge on any atom is -0.444 e. The molecule has 0 saturated carbocycles. The van der Waals surface area contributed by atoms with Gasteiger partial charge in [0.1, 0.15) is 33.7 Å². The molecule has 12 nitrogen and oxygen atoms in total. The van der Waals surface area contributed by atoms with Gasteiger partial charge >= 0.3 is 12.2 Å². The number of aromatic nitrogens is 2. The van der Waals surface area contributed by atoms with Crippen molar-refractivity contribution in [1.29, 1.82) is 0 Å². The summed E-state index contributed by atoms with van der Waals surface area (Å²) in [4.78, 5) is 63.5. The first kappa shape index (κ1) is 36.9. The summed E-state index contributed by atoms with van der Waals surface area (Å²) >= 11 is 6.41. The Balaban J connectivity index is 0.000000164. The number of rotatable bonds is 0. The summed E-state index contributed by atoms with van der Waals surface area (Å²) in [5, 5.41) is 4.24. The number of fused-ring (bicyclic) bond motifs is 8. The highest BCUT2D eigenvalue weighted by atomic mass is 79.9. The number of nitrogens with zero attached hydrogens (tertiary/aromatic N) is 5. The van der Waals surface area contributed by atoms with Crippen LogP contribution in [0.3, 0.4) is 0 Å². The van der Waals surface area contributed by atoms with Gasteiger partial charge in [-0.05, 0) is 85.5 Å². The molecular formula is C37H36Br2F2N6O6. The van der Waals surface area contributed by atoms with Gasteiger partial charge in [-0.25, -0.2) is 18.4 Å². The SMILES string of the molecule is CC(C)(C)OC(=O)N1CC2(C1)C(=O)Nc1cnc3cc(F)c(Br)cc3c12.CN1C(=O)C2(CN(C(=O)OC(C)(C)C)C2)c2c1cnc1cc(F)c(Br)cc21. The Morgan fingerprint density at radius 2 is 1.21 bits per heavy atom. The van der Waals surface area contributed by atoms with Crippen LogP contribution in [0.15, 0.2) is 45.6 Å². The lowest BCUT2D eigenvalue weighted by Crippen LogP contribution is -2.65. The van der Waals surface area contributed by atoms with Gasteiger partial charge in [0.2, 0.25) is 11.8 Å². The number of carbonyl (C=O) groups excluding carboxylic acids is 4. The fourth-order valence-electron chi connectivity index (χ4n) is 7.34. The van der Waals surface area contributed by atoms with Gasteiger partial charge in [-0.15, -0.1) is 0 Å². The number of hydrogen-bond acceptors (Lipinski definition) is 8. The van der Waals surface area contributed by atoms with Crippen molar-refractivity contribution in [3.05, 3.63) is 68.4 Å². The summed E-state index contributed by atoms with van der Waals surface area (Å²) in [6.45, 7) is 11.7. The van der Waals surface area contributed by atoms with E-state index >= 15 is 0 Å². The van der Waals surface area contributed by atoms with Crippen LogP contribution in [0.4, 0.5) is 29.7 Å². The van der Waals surface area contributed by atoms with E-state index in [1.165, 1.54) is 28.1 Å². The van der Waals surface area contributed by atoms with Crippen LogP contribution >= 0.6 is 31.9 Å². The highest BCUT2D eigenvalue weighted by Crippen LogP contribution is 2.51. The Morgan fingerprint density at radius 3 is 1.70 bits per heavy atom.